The first-order valence-corrected chi connectivity index (χ1v) is 8.49. The van der Waals surface area contributed by atoms with Gasteiger partial charge in [-0.05, 0) is 12.1 Å². The first kappa shape index (κ1) is 16.8. The van der Waals surface area contributed by atoms with Gasteiger partial charge in [0, 0.05) is 11.1 Å². The number of hydrogen-bond acceptors (Lipinski definition) is 4. The molecule has 2 aromatic carbocycles. The van der Waals surface area contributed by atoms with E-state index in [0.29, 0.717) is 22.6 Å². The molecular weight excluding hydrogens is 351 g/mol. The van der Waals surface area contributed by atoms with E-state index in [0.717, 1.165) is 0 Å². The molecule has 3 rings (SSSR count). The summed E-state index contributed by atoms with van der Waals surface area (Å²) in [6, 6.07) is 9.93. The Morgan fingerprint density at radius 2 is 1.17 bits per heavy atom. The van der Waals surface area contributed by atoms with Crippen molar-refractivity contribution in [1.29, 1.82) is 0 Å². The van der Waals surface area contributed by atoms with Crippen molar-refractivity contribution >= 4 is 34.8 Å². The monoisotopic (exact) mass is 364 g/mol. The van der Waals surface area contributed by atoms with E-state index in [-0.39, 0.29) is 47.7 Å². The molecule has 1 aliphatic rings. The molecule has 0 unspecified atom stereocenters. The van der Waals surface area contributed by atoms with Crippen molar-refractivity contribution in [1.82, 2.24) is 0 Å². The van der Waals surface area contributed by atoms with E-state index in [1.807, 2.05) is 0 Å². The maximum atomic E-state index is 13.0. The lowest BCUT2D eigenvalue weighted by Crippen LogP contribution is -2.23. The molecule has 2 aromatic rings. The molecule has 0 saturated carbocycles. The van der Waals surface area contributed by atoms with Crippen molar-refractivity contribution in [2.75, 3.05) is 25.0 Å². The highest BCUT2D eigenvalue weighted by Crippen LogP contribution is 2.37. The number of hydrogen-bond donors (Lipinski definition) is 0. The molecule has 0 bridgehead atoms. The molecule has 1 aliphatic carbocycles. The maximum Gasteiger partial charge on any atom is 0.201 e. The Balaban J connectivity index is 2.13. The second kappa shape index (κ2) is 7.24. The van der Waals surface area contributed by atoms with Crippen molar-refractivity contribution in [3.8, 4) is 11.5 Å². The molecule has 0 atom stereocenters. The minimum atomic E-state index is -0.296. The second-order valence-corrected chi connectivity index (χ2v) is 5.85. The summed E-state index contributed by atoms with van der Waals surface area (Å²) in [5.41, 5.74) is 1.16. The minimum absolute atomic E-state index is 0.229. The van der Waals surface area contributed by atoms with Crippen molar-refractivity contribution < 1.29 is 19.1 Å². The predicted molar refractivity (Wildman–Crippen MR) is 92.2 cm³/mol. The highest BCUT2D eigenvalue weighted by Gasteiger charge is 2.34. The predicted octanol–water partition coefficient (Wildman–Crippen LogP) is 3.70. The van der Waals surface area contributed by atoms with Gasteiger partial charge in [-0.1, -0.05) is 24.3 Å². The summed E-state index contributed by atoms with van der Waals surface area (Å²) in [5, 5.41) is 0. The molecule has 0 radical (unpaired) electrons. The molecular formula is C18H14Cl2O4. The number of benzene rings is 2. The van der Waals surface area contributed by atoms with Crippen molar-refractivity contribution in [2.45, 2.75) is 0 Å². The molecule has 0 fully saturated rings. The van der Waals surface area contributed by atoms with E-state index in [9.17, 15) is 9.59 Å². The Kier molecular flexibility index (Phi) is 5.07. The number of alkyl halides is 2. The summed E-state index contributed by atoms with van der Waals surface area (Å²) in [5.74, 6) is 0.745. The maximum absolute atomic E-state index is 13.0. The van der Waals surface area contributed by atoms with Gasteiger partial charge in [0.15, 0.2) is 5.78 Å². The Hall–Kier alpha value is -2.04. The van der Waals surface area contributed by atoms with Crippen LogP contribution in [0.3, 0.4) is 0 Å². The van der Waals surface area contributed by atoms with Crippen LogP contribution in [0.25, 0.3) is 0 Å². The van der Waals surface area contributed by atoms with Gasteiger partial charge in [-0.25, -0.2) is 0 Å². The fourth-order valence-electron chi connectivity index (χ4n) is 2.72. The van der Waals surface area contributed by atoms with Crippen LogP contribution in [-0.4, -0.2) is 36.5 Å². The van der Waals surface area contributed by atoms with Crippen LogP contribution in [0.4, 0.5) is 0 Å². The van der Waals surface area contributed by atoms with Crippen LogP contribution in [0.1, 0.15) is 31.8 Å². The van der Waals surface area contributed by atoms with Gasteiger partial charge < -0.3 is 9.47 Å². The average Bonchev–Trinajstić information content (AvgIpc) is 2.62. The zero-order chi connectivity index (χ0) is 17.1. The van der Waals surface area contributed by atoms with Crippen molar-refractivity contribution in [3.63, 3.8) is 0 Å². The molecule has 0 aromatic heterocycles. The lowest BCUT2D eigenvalue weighted by Gasteiger charge is -2.22. The zero-order valence-corrected chi connectivity index (χ0v) is 14.2. The fraction of sp³-hybridized carbons (Fsp3) is 0.222. The SMILES string of the molecule is O=C1c2cccc(OCCCl)c2C(=O)c2c(OCCCl)cccc21. The van der Waals surface area contributed by atoms with Crippen LogP contribution in [0.5, 0.6) is 11.5 Å². The average molecular weight is 365 g/mol. The Morgan fingerprint density at radius 3 is 1.58 bits per heavy atom. The summed E-state index contributed by atoms with van der Waals surface area (Å²) in [7, 11) is 0. The van der Waals surface area contributed by atoms with Gasteiger partial charge in [-0.3, -0.25) is 9.59 Å². The number of halogens is 2. The first-order valence-electron chi connectivity index (χ1n) is 7.42. The molecule has 0 spiro atoms. The lowest BCUT2D eigenvalue weighted by molar-refractivity contribution is 0.0972. The first-order chi connectivity index (χ1) is 11.7. The fourth-order valence-corrected chi connectivity index (χ4v) is 2.87. The molecule has 124 valence electrons. The van der Waals surface area contributed by atoms with Gasteiger partial charge in [-0.15, -0.1) is 23.2 Å². The third-order valence-electron chi connectivity index (χ3n) is 3.67. The molecule has 0 heterocycles. The number of fused-ring (bicyclic) bond motifs is 2. The largest absolute Gasteiger partial charge is 0.492 e. The summed E-state index contributed by atoms with van der Waals surface area (Å²) < 4.78 is 11.1. The zero-order valence-electron chi connectivity index (χ0n) is 12.7. The van der Waals surface area contributed by atoms with E-state index in [1.165, 1.54) is 0 Å². The number of ether oxygens (including phenoxy) is 2. The van der Waals surface area contributed by atoms with Gasteiger partial charge in [-0.2, -0.15) is 0 Å². The van der Waals surface area contributed by atoms with E-state index in [1.54, 1.807) is 36.4 Å². The van der Waals surface area contributed by atoms with Crippen LogP contribution in [0, 0.1) is 0 Å². The lowest BCUT2D eigenvalue weighted by atomic mass is 9.83. The van der Waals surface area contributed by atoms with Gasteiger partial charge in [0.05, 0.1) is 22.9 Å². The van der Waals surface area contributed by atoms with Gasteiger partial charge in [0.1, 0.15) is 24.7 Å². The van der Waals surface area contributed by atoms with Crippen LogP contribution in [0.15, 0.2) is 36.4 Å². The number of carbonyl (C=O) groups excluding carboxylic acids is 2. The number of carbonyl (C=O) groups is 2. The molecule has 4 nitrogen and oxygen atoms in total. The summed E-state index contributed by atoms with van der Waals surface area (Å²) in [4.78, 5) is 25.8. The molecule has 24 heavy (non-hydrogen) atoms. The molecule has 0 aliphatic heterocycles. The molecule has 0 amide bonds. The van der Waals surface area contributed by atoms with Gasteiger partial charge >= 0.3 is 0 Å². The van der Waals surface area contributed by atoms with E-state index >= 15 is 0 Å². The van der Waals surface area contributed by atoms with Crippen LogP contribution >= 0.6 is 23.2 Å². The normalized spacial score (nSPS) is 12.6. The third-order valence-corrected chi connectivity index (χ3v) is 3.97. The smallest absolute Gasteiger partial charge is 0.201 e. The standard InChI is InChI=1S/C18H14Cl2O4/c19-7-9-23-13-5-1-3-11-15(13)18(22)16-12(17(11)21)4-2-6-14(16)24-10-8-20/h1-6H,7-10H2. The summed E-state index contributed by atoms with van der Waals surface area (Å²) >= 11 is 11.3. The topological polar surface area (TPSA) is 52.6 Å². The van der Waals surface area contributed by atoms with E-state index < -0.39 is 0 Å². The highest BCUT2D eigenvalue weighted by molar-refractivity contribution is 6.30. The van der Waals surface area contributed by atoms with Crippen LogP contribution in [0.2, 0.25) is 0 Å². The minimum Gasteiger partial charge on any atom is -0.492 e. The Labute approximate surface area is 149 Å². The molecule has 0 saturated heterocycles. The quantitative estimate of drug-likeness (QED) is 0.625. The van der Waals surface area contributed by atoms with Crippen LogP contribution in [-0.2, 0) is 0 Å². The Bertz CT molecular complexity index is 738. The number of ketones is 2. The number of rotatable bonds is 6. The van der Waals surface area contributed by atoms with Gasteiger partial charge in [0.2, 0.25) is 5.78 Å². The van der Waals surface area contributed by atoms with Crippen molar-refractivity contribution in [3.05, 3.63) is 58.7 Å². The highest BCUT2D eigenvalue weighted by atomic mass is 35.5. The van der Waals surface area contributed by atoms with Crippen LogP contribution < -0.4 is 9.47 Å². The third kappa shape index (κ3) is 2.87. The molecule has 6 heteroatoms. The van der Waals surface area contributed by atoms with Gasteiger partial charge in [0.25, 0.3) is 0 Å². The summed E-state index contributed by atoms with van der Waals surface area (Å²) in [6.45, 7) is 0.494. The van der Waals surface area contributed by atoms with E-state index in [4.69, 9.17) is 32.7 Å². The van der Waals surface area contributed by atoms with Crippen molar-refractivity contribution in [2.24, 2.45) is 0 Å². The summed E-state index contributed by atoms with van der Waals surface area (Å²) in [6.07, 6.45) is 0. The molecule has 0 N–H and O–H groups in total. The Morgan fingerprint density at radius 1 is 0.708 bits per heavy atom. The second-order valence-electron chi connectivity index (χ2n) is 5.09. The van der Waals surface area contributed by atoms with E-state index in [2.05, 4.69) is 0 Å².